The Morgan fingerprint density at radius 3 is 2.36 bits per heavy atom. The van der Waals surface area contributed by atoms with E-state index in [0.29, 0.717) is 4.99 Å². The zero-order chi connectivity index (χ0) is 10.6. The van der Waals surface area contributed by atoms with Crippen LogP contribution in [-0.2, 0) is 0 Å². The number of nitrogens with zero attached hydrogens (tertiary/aromatic N) is 1. The summed E-state index contributed by atoms with van der Waals surface area (Å²) in [5, 5.41) is 0. The van der Waals surface area contributed by atoms with Crippen molar-refractivity contribution in [3.63, 3.8) is 0 Å². The fraction of sp³-hybridized carbons (Fsp3) is 0.364. The van der Waals surface area contributed by atoms with Crippen LogP contribution in [0.3, 0.4) is 0 Å². The van der Waals surface area contributed by atoms with E-state index in [4.69, 9.17) is 18.0 Å². The molecule has 0 aliphatic heterocycles. The average molecular weight is 208 g/mol. The molecule has 0 radical (unpaired) electrons. The van der Waals surface area contributed by atoms with Crippen molar-refractivity contribution in [2.45, 2.75) is 12.5 Å². The van der Waals surface area contributed by atoms with E-state index < -0.39 is 0 Å². The lowest BCUT2D eigenvalue weighted by atomic mass is 10.0. The number of hydrogen-bond acceptors (Lipinski definition) is 2. The summed E-state index contributed by atoms with van der Waals surface area (Å²) in [5.74, 6) is 0. The van der Waals surface area contributed by atoms with Gasteiger partial charge >= 0.3 is 0 Å². The third kappa shape index (κ3) is 3.09. The predicted molar refractivity (Wildman–Crippen MR) is 64.3 cm³/mol. The van der Waals surface area contributed by atoms with Crippen LogP contribution in [0.1, 0.15) is 18.0 Å². The largest absolute Gasteiger partial charge is 0.393 e. The summed E-state index contributed by atoms with van der Waals surface area (Å²) in [6, 6.07) is 10.6. The molecule has 14 heavy (non-hydrogen) atoms. The zero-order valence-corrected chi connectivity index (χ0v) is 9.42. The van der Waals surface area contributed by atoms with Gasteiger partial charge in [0.05, 0.1) is 4.99 Å². The first-order valence-electron chi connectivity index (χ1n) is 4.61. The summed E-state index contributed by atoms with van der Waals surface area (Å²) < 4.78 is 0. The lowest BCUT2D eigenvalue weighted by Crippen LogP contribution is -2.24. The third-order valence-electron chi connectivity index (χ3n) is 2.20. The van der Waals surface area contributed by atoms with Crippen molar-refractivity contribution >= 4 is 17.2 Å². The van der Waals surface area contributed by atoms with Crippen LogP contribution in [0.5, 0.6) is 0 Å². The molecule has 1 rings (SSSR count). The maximum atomic E-state index is 5.57. The van der Waals surface area contributed by atoms with Crippen molar-refractivity contribution < 1.29 is 0 Å². The lowest BCUT2D eigenvalue weighted by molar-refractivity contribution is 0.307. The quantitative estimate of drug-likeness (QED) is 0.767. The van der Waals surface area contributed by atoms with E-state index in [1.54, 1.807) is 0 Å². The van der Waals surface area contributed by atoms with Crippen LogP contribution in [0.15, 0.2) is 30.3 Å². The molecule has 1 atom stereocenters. The van der Waals surface area contributed by atoms with E-state index in [1.807, 2.05) is 32.3 Å². The van der Waals surface area contributed by atoms with Crippen molar-refractivity contribution in [3.05, 3.63) is 35.9 Å². The Bertz CT molecular complexity index is 295. The van der Waals surface area contributed by atoms with Gasteiger partial charge in [-0.05, 0) is 19.7 Å². The highest BCUT2D eigenvalue weighted by atomic mass is 32.1. The topological polar surface area (TPSA) is 29.3 Å². The van der Waals surface area contributed by atoms with E-state index in [1.165, 1.54) is 5.56 Å². The molecule has 0 saturated heterocycles. The van der Waals surface area contributed by atoms with E-state index in [-0.39, 0.29) is 6.04 Å². The monoisotopic (exact) mass is 208 g/mol. The number of hydrogen-bond donors (Lipinski definition) is 1. The molecule has 2 nitrogen and oxygen atoms in total. The molecule has 1 unspecified atom stereocenters. The highest BCUT2D eigenvalue weighted by Crippen LogP contribution is 2.21. The first-order valence-corrected chi connectivity index (χ1v) is 5.01. The smallest absolute Gasteiger partial charge is 0.0746 e. The van der Waals surface area contributed by atoms with Crippen molar-refractivity contribution in [2.24, 2.45) is 5.73 Å². The molecule has 3 heteroatoms. The molecular weight excluding hydrogens is 192 g/mol. The molecular formula is C11H16N2S. The van der Waals surface area contributed by atoms with Crippen LogP contribution in [-0.4, -0.2) is 24.0 Å². The predicted octanol–water partition coefficient (Wildman–Crippen LogP) is 1.97. The van der Waals surface area contributed by atoms with E-state index >= 15 is 0 Å². The van der Waals surface area contributed by atoms with Crippen LogP contribution >= 0.6 is 12.2 Å². The fourth-order valence-electron chi connectivity index (χ4n) is 1.46. The molecule has 0 spiro atoms. The number of rotatable bonds is 4. The van der Waals surface area contributed by atoms with Gasteiger partial charge in [0.15, 0.2) is 0 Å². The molecule has 0 heterocycles. The van der Waals surface area contributed by atoms with Crippen LogP contribution < -0.4 is 5.73 Å². The highest BCUT2D eigenvalue weighted by Gasteiger charge is 2.14. The average Bonchev–Trinajstić information content (AvgIpc) is 2.15. The van der Waals surface area contributed by atoms with Gasteiger partial charge in [-0.15, -0.1) is 0 Å². The molecule has 0 amide bonds. The Morgan fingerprint density at radius 1 is 1.36 bits per heavy atom. The van der Waals surface area contributed by atoms with Gasteiger partial charge in [0.2, 0.25) is 0 Å². The molecule has 76 valence electrons. The molecule has 0 bridgehead atoms. The third-order valence-corrected chi connectivity index (χ3v) is 2.37. The molecule has 2 N–H and O–H groups in total. The molecule has 0 aliphatic carbocycles. The summed E-state index contributed by atoms with van der Waals surface area (Å²) in [4.78, 5) is 2.70. The van der Waals surface area contributed by atoms with Crippen LogP contribution in [0.2, 0.25) is 0 Å². The van der Waals surface area contributed by atoms with Gasteiger partial charge in [0, 0.05) is 12.5 Å². The molecule has 0 saturated carbocycles. The summed E-state index contributed by atoms with van der Waals surface area (Å²) >= 11 is 4.94. The zero-order valence-electron chi connectivity index (χ0n) is 8.60. The highest BCUT2D eigenvalue weighted by molar-refractivity contribution is 7.80. The Labute approximate surface area is 90.7 Å². The Morgan fingerprint density at radius 2 is 1.93 bits per heavy atom. The molecule has 1 aromatic rings. The van der Waals surface area contributed by atoms with Gasteiger partial charge in [-0.25, -0.2) is 0 Å². The minimum Gasteiger partial charge on any atom is -0.393 e. The second-order valence-electron chi connectivity index (χ2n) is 3.56. The van der Waals surface area contributed by atoms with Crippen LogP contribution in [0.25, 0.3) is 0 Å². The molecule has 0 aromatic heterocycles. The number of nitrogens with two attached hydrogens (primary N) is 1. The molecule has 0 fully saturated rings. The van der Waals surface area contributed by atoms with Gasteiger partial charge in [0.25, 0.3) is 0 Å². The maximum absolute atomic E-state index is 5.57. The summed E-state index contributed by atoms with van der Waals surface area (Å²) in [6.07, 6.45) is 0.729. The minimum atomic E-state index is 0.286. The van der Waals surface area contributed by atoms with Gasteiger partial charge in [-0.2, -0.15) is 0 Å². The number of thiocarbonyl (C=S) groups is 1. The fourth-order valence-corrected chi connectivity index (χ4v) is 1.62. The first kappa shape index (κ1) is 11.1. The van der Waals surface area contributed by atoms with Crippen molar-refractivity contribution in [2.75, 3.05) is 14.1 Å². The maximum Gasteiger partial charge on any atom is 0.0746 e. The summed E-state index contributed by atoms with van der Waals surface area (Å²) in [7, 11) is 4.08. The molecule has 1 aromatic carbocycles. The van der Waals surface area contributed by atoms with Crippen LogP contribution in [0, 0.1) is 0 Å². The lowest BCUT2D eigenvalue weighted by Gasteiger charge is -2.24. The van der Waals surface area contributed by atoms with E-state index in [9.17, 15) is 0 Å². The number of benzene rings is 1. The van der Waals surface area contributed by atoms with Crippen molar-refractivity contribution in [3.8, 4) is 0 Å². The summed E-state index contributed by atoms with van der Waals surface area (Å²) in [5.41, 5.74) is 6.83. The summed E-state index contributed by atoms with van der Waals surface area (Å²) in [6.45, 7) is 0. The van der Waals surface area contributed by atoms with Gasteiger partial charge in [-0.3, -0.25) is 0 Å². The molecule has 0 aliphatic rings. The van der Waals surface area contributed by atoms with E-state index in [2.05, 4.69) is 17.0 Å². The van der Waals surface area contributed by atoms with Crippen LogP contribution in [0.4, 0.5) is 0 Å². The normalized spacial score (nSPS) is 12.8. The van der Waals surface area contributed by atoms with Gasteiger partial charge in [-0.1, -0.05) is 42.5 Å². The second kappa shape index (κ2) is 5.08. The van der Waals surface area contributed by atoms with Gasteiger partial charge in [0.1, 0.15) is 0 Å². The van der Waals surface area contributed by atoms with E-state index in [0.717, 1.165) is 6.42 Å². The Kier molecular flexibility index (Phi) is 4.04. The minimum absolute atomic E-state index is 0.286. The Balaban J connectivity index is 2.83. The SMILES string of the molecule is CN(C)C(CC(N)=S)c1ccccc1. The Hall–Kier alpha value is -0.930. The first-order chi connectivity index (χ1) is 6.61. The second-order valence-corrected chi connectivity index (χ2v) is 4.08. The van der Waals surface area contributed by atoms with Gasteiger partial charge < -0.3 is 10.6 Å². The standard InChI is InChI=1S/C11H16N2S/c1-13(2)10(8-11(12)14)9-6-4-3-5-7-9/h3-7,10H,8H2,1-2H3,(H2,12,14). The van der Waals surface area contributed by atoms with Crippen molar-refractivity contribution in [1.29, 1.82) is 0 Å². The van der Waals surface area contributed by atoms with Crippen molar-refractivity contribution in [1.82, 2.24) is 4.90 Å².